The fourth-order valence-corrected chi connectivity index (χ4v) is 3.02. The van der Waals surface area contributed by atoms with Crippen molar-refractivity contribution in [2.45, 2.75) is 25.4 Å². The minimum Gasteiger partial charge on any atom is -0.399 e. The zero-order chi connectivity index (χ0) is 12.0. The lowest BCUT2D eigenvalue weighted by Crippen LogP contribution is -2.69. The molecule has 4 nitrogen and oxygen atoms in total. The van der Waals surface area contributed by atoms with Crippen LogP contribution in [-0.2, 0) is 4.79 Å². The summed E-state index contributed by atoms with van der Waals surface area (Å²) in [5, 5.41) is 0. The minimum atomic E-state index is 0.211. The molecule has 0 spiro atoms. The van der Waals surface area contributed by atoms with E-state index < -0.39 is 0 Å². The van der Waals surface area contributed by atoms with Gasteiger partial charge in [0, 0.05) is 31.4 Å². The number of piperazine rings is 1. The molecule has 1 aromatic carbocycles. The maximum Gasteiger partial charge on any atom is 0.220 e. The molecule has 0 aromatic heterocycles. The molecule has 2 N–H and O–H groups in total. The van der Waals surface area contributed by atoms with Gasteiger partial charge < -0.3 is 15.5 Å². The number of hydrogen-bond donors (Lipinski definition) is 1. The average Bonchev–Trinajstić information content (AvgIpc) is 2.29. The topological polar surface area (TPSA) is 49.6 Å². The fraction of sp³-hybridized carbons (Fsp3) is 0.462. The number of piperidine rings is 1. The van der Waals surface area contributed by atoms with Crippen molar-refractivity contribution in [3.63, 3.8) is 0 Å². The van der Waals surface area contributed by atoms with Crippen LogP contribution in [0.5, 0.6) is 0 Å². The Balaban J connectivity index is 1.74. The summed E-state index contributed by atoms with van der Waals surface area (Å²) in [7, 11) is 0. The minimum absolute atomic E-state index is 0.211. The van der Waals surface area contributed by atoms with Crippen LogP contribution in [0.15, 0.2) is 24.3 Å². The van der Waals surface area contributed by atoms with Crippen molar-refractivity contribution in [3.8, 4) is 0 Å². The summed E-state index contributed by atoms with van der Waals surface area (Å²) >= 11 is 0. The molecule has 17 heavy (non-hydrogen) atoms. The van der Waals surface area contributed by atoms with Gasteiger partial charge in [-0.1, -0.05) is 0 Å². The number of benzene rings is 1. The van der Waals surface area contributed by atoms with Crippen molar-refractivity contribution >= 4 is 17.3 Å². The van der Waals surface area contributed by atoms with Gasteiger partial charge in [0.2, 0.25) is 5.91 Å². The van der Waals surface area contributed by atoms with Crippen LogP contribution in [0, 0.1) is 0 Å². The number of nitrogen functional groups attached to an aromatic ring is 1. The van der Waals surface area contributed by atoms with E-state index in [2.05, 4.69) is 17.0 Å². The molecule has 1 aromatic rings. The summed E-state index contributed by atoms with van der Waals surface area (Å²) in [6.07, 6.45) is 1.16. The zero-order valence-corrected chi connectivity index (χ0v) is 9.97. The average molecular weight is 231 g/mol. The number of carbonyl (C=O) groups is 1. The third kappa shape index (κ3) is 1.64. The Kier molecular flexibility index (Phi) is 2.24. The summed E-state index contributed by atoms with van der Waals surface area (Å²) in [6, 6.07) is 8.78. The quantitative estimate of drug-likeness (QED) is 0.736. The predicted octanol–water partition coefficient (Wildman–Crippen LogP) is 1.08. The molecule has 1 amide bonds. The van der Waals surface area contributed by atoms with E-state index in [1.54, 1.807) is 6.92 Å². The Morgan fingerprint density at radius 1 is 1.24 bits per heavy atom. The lowest BCUT2D eigenvalue weighted by Gasteiger charge is -2.56. The van der Waals surface area contributed by atoms with Gasteiger partial charge in [0.25, 0.3) is 0 Å². The highest BCUT2D eigenvalue weighted by Crippen LogP contribution is 2.34. The van der Waals surface area contributed by atoms with Gasteiger partial charge in [-0.15, -0.1) is 0 Å². The van der Waals surface area contributed by atoms with Gasteiger partial charge in [-0.3, -0.25) is 4.79 Å². The zero-order valence-electron chi connectivity index (χ0n) is 9.97. The molecule has 0 aliphatic carbocycles. The van der Waals surface area contributed by atoms with Gasteiger partial charge in [-0.05, 0) is 30.7 Å². The predicted molar refractivity (Wildman–Crippen MR) is 67.8 cm³/mol. The molecule has 90 valence electrons. The smallest absolute Gasteiger partial charge is 0.220 e. The maximum atomic E-state index is 11.4. The number of carbonyl (C=O) groups excluding carboxylic acids is 1. The molecule has 2 atom stereocenters. The summed E-state index contributed by atoms with van der Waals surface area (Å²) in [5.41, 5.74) is 7.68. The van der Waals surface area contributed by atoms with Crippen LogP contribution in [0.3, 0.4) is 0 Å². The molecule has 2 bridgehead atoms. The van der Waals surface area contributed by atoms with Crippen molar-refractivity contribution in [3.05, 3.63) is 24.3 Å². The van der Waals surface area contributed by atoms with Crippen molar-refractivity contribution in [1.82, 2.24) is 4.90 Å². The molecule has 3 aliphatic heterocycles. The van der Waals surface area contributed by atoms with E-state index in [9.17, 15) is 4.79 Å². The van der Waals surface area contributed by atoms with Crippen molar-refractivity contribution < 1.29 is 4.79 Å². The van der Waals surface area contributed by atoms with Crippen LogP contribution in [0.2, 0.25) is 0 Å². The normalized spacial score (nSPS) is 26.6. The Hall–Kier alpha value is -1.71. The molecular weight excluding hydrogens is 214 g/mol. The van der Waals surface area contributed by atoms with Crippen LogP contribution in [0.4, 0.5) is 11.4 Å². The monoisotopic (exact) mass is 231 g/mol. The molecule has 4 heteroatoms. The molecule has 3 heterocycles. The van der Waals surface area contributed by atoms with Gasteiger partial charge in [-0.25, -0.2) is 0 Å². The number of amides is 1. The summed E-state index contributed by atoms with van der Waals surface area (Å²) in [4.78, 5) is 15.8. The van der Waals surface area contributed by atoms with E-state index >= 15 is 0 Å². The summed E-state index contributed by atoms with van der Waals surface area (Å²) in [6.45, 7) is 3.55. The van der Waals surface area contributed by atoms with Gasteiger partial charge in [0.05, 0.1) is 12.1 Å². The molecule has 3 saturated heterocycles. The first kappa shape index (κ1) is 10.4. The largest absolute Gasteiger partial charge is 0.399 e. The molecule has 4 rings (SSSR count). The molecule has 3 aliphatic rings. The standard InChI is InChI=1S/C13H17N3O/c1-9(17)16-12-6-13(16)8-15(7-12)11-4-2-10(14)3-5-11/h2-5,12-13H,6-8,14H2,1H3. The second kappa shape index (κ2) is 3.65. The first-order chi connectivity index (χ1) is 8.15. The first-order valence-electron chi connectivity index (χ1n) is 6.04. The van der Waals surface area contributed by atoms with Crippen LogP contribution in [0.1, 0.15) is 13.3 Å². The van der Waals surface area contributed by atoms with E-state index in [-0.39, 0.29) is 5.91 Å². The highest BCUT2D eigenvalue weighted by atomic mass is 16.2. The number of hydrogen-bond acceptors (Lipinski definition) is 3. The Morgan fingerprint density at radius 2 is 1.82 bits per heavy atom. The number of fused-ring (bicyclic) bond motifs is 2. The highest BCUT2D eigenvalue weighted by molar-refractivity contribution is 5.76. The lowest BCUT2D eigenvalue weighted by molar-refractivity contribution is -0.143. The summed E-state index contributed by atoms with van der Waals surface area (Å²) < 4.78 is 0. The van der Waals surface area contributed by atoms with E-state index in [1.807, 2.05) is 17.0 Å². The summed E-state index contributed by atoms with van der Waals surface area (Å²) in [5.74, 6) is 0.211. The van der Waals surface area contributed by atoms with Crippen LogP contribution < -0.4 is 10.6 Å². The van der Waals surface area contributed by atoms with E-state index in [4.69, 9.17) is 5.73 Å². The van der Waals surface area contributed by atoms with Gasteiger partial charge in [-0.2, -0.15) is 0 Å². The SMILES string of the molecule is CC(=O)N1C2CC1CN(c1ccc(N)cc1)C2. The van der Waals surface area contributed by atoms with Gasteiger partial charge >= 0.3 is 0 Å². The molecule has 2 unspecified atom stereocenters. The number of nitrogens with two attached hydrogens (primary N) is 1. The third-order valence-corrected chi connectivity index (χ3v) is 3.82. The van der Waals surface area contributed by atoms with Crippen molar-refractivity contribution in [2.75, 3.05) is 23.7 Å². The molecule has 0 saturated carbocycles. The number of rotatable bonds is 1. The maximum absolute atomic E-state index is 11.4. The Bertz CT molecular complexity index is 430. The van der Waals surface area contributed by atoms with E-state index in [0.717, 1.165) is 25.2 Å². The second-order valence-corrected chi connectivity index (χ2v) is 4.97. The van der Waals surface area contributed by atoms with Gasteiger partial charge in [0.15, 0.2) is 0 Å². The lowest BCUT2D eigenvalue weighted by atomic mass is 9.87. The second-order valence-electron chi connectivity index (χ2n) is 4.97. The highest BCUT2D eigenvalue weighted by Gasteiger charge is 2.45. The van der Waals surface area contributed by atoms with E-state index in [1.165, 1.54) is 5.69 Å². The van der Waals surface area contributed by atoms with Crippen LogP contribution in [-0.4, -0.2) is 36.0 Å². The van der Waals surface area contributed by atoms with Crippen molar-refractivity contribution in [1.29, 1.82) is 0 Å². The Morgan fingerprint density at radius 3 is 2.35 bits per heavy atom. The van der Waals surface area contributed by atoms with Crippen LogP contribution in [0.25, 0.3) is 0 Å². The van der Waals surface area contributed by atoms with E-state index in [0.29, 0.717) is 12.1 Å². The molecule has 3 fully saturated rings. The molecular formula is C13H17N3O. The Labute approximate surface area is 101 Å². The fourth-order valence-electron chi connectivity index (χ4n) is 3.02. The first-order valence-corrected chi connectivity index (χ1v) is 6.04. The number of anilines is 2. The number of nitrogens with zero attached hydrogens (tertiary/aromatic N) is 2. The van der Waals surface area contributed by atoms with Crippen molar-refractivity contribution in [2.24, 2.45) is 0 Å². The third-order valence-electron chi connectivity index (χ3n) is 3.82. The van der Waals surface area contributed by atoms with Gasteiger partial charge in [0.1, 0.15) is 0 Å². The van der Waals surface area contributed by atoms with Crippen LogP contribution >= 0.6 is 0 Å². The molecule has 0 radical (unpaired) electrons.